The third-order valence-corrected chi connectivity index (χ3v) is 22.3. The maximum Gasteiger partial charge on any atom is 0.519 e. The molecule has 5 unspecified atom stereocenters. The van der Waals surface area contributed by atoms with Crippen molar-refractivity contribution in [1.82, 2.24) is 9.80 Å². The van der Waals surface area contributed by atoms with Gasteiger partial charge in [0.05, 0.1) is 82.9 Å². The van der Waals surface area contributed by atoms with Gasteiger partial charge in [0.1, 0.15) is 42.5 Å². The van der Waals surface area contributed by atoms with Crippen LogP contribution in [0.15, 0.2) is 13.6 Å². The number of morpholine rings is 2. The van der Waals surface area contributed by atoms with Crippen molar-refractivity contribution < 1.29 is 114 Å². The molecule has 4 saturated heterocycles. The second-order valence-corrected chi connectivity index (χ2v) is 48.7. The first kappa shape index (κ1) is 141. The maximum absolute atomic E-state index is 11.5. The van der Waals surface area contributed by atoms with Gasteiger partial charge in [-0.25, -0.2) is 9.59 Å². The number of cyclic esters (lactones) is 2. The van der Waals surface area contributed by atoms with Crippen molar-refractivity contribution in [1.29, 1.82) is 0 Å². The smallest absolute Gasteiger partial charge is 0.466 e. The van der Waals surface area contributed by atoms with Gasteiger partial charge in [0.2, 0.25) is 5.91 Å². The minimum atomic E-state index is -0.605. The molecule has 4 fully saturated rings. The van der Waals surface area contributed by atoms with E-state index in [1.54, 1.807) is 34.8 Å². The van der Waals surface area contributed by atoms with E-state index in [-0.39, 0.29) is 147 Å². The Morgan fingerprint density at radius 1 is 0.463 bits per heavy atom. The molecule has 4 aliphatic heterocycles. The first-order chi connectivity index (χ1) is 60.2. The molecular weight excluding hydrogens is 1710 g/mol. The highest BCUT2D eigenvalue weighted by atomic mass is 16.7. The molecule has 5 rings (SSSR count). The molecule has 1 aromatic heterocycles. The van der Waals surface area contributed by atoms with E-state index in [1.165, 1.54) is 13.0 Å². The second kappa shape index (κ2) is 67.2. The number of hydrogen-bond donors (Lipinski definition) is 1. The first-order valence-corrected chi connectivity index (χ1v) is 49.2. The summed E-state index contributed by atoms with van der Waals surface area (Å²) in [7, 11) is 1.74. The number of carbonyl (C=O) groups is 9. The second-order valence-electron chi connectivity index (χ2n) is 48.7. The van der Waals surface area contributed by atoms with Gasteiger partial charge in [-0.2, -0.15) is 0 Å². The van der Waals surface area contributed by atoms with Gasteiger partial charge in [-0.1, -0.05) is 263 Å². The monoisotopic (exact) mass is 1920 g/mol. The Bertz CT molecular complexity index is 3370. The van der Waals surface area contributed by atoms with E-state index in [1.807, 2.05) is 143 Å². The number of hydrogen-bond acceptors (Lipinski definition) is 26. The molecule has 796 valence electrons. The molecule has 0 spiro atoms. The Morgan fingerprint density at radius 2 is 0.896 bits per heavy atom. The summed E-state index contributed by atoms with van der Waals surface area (Å²) in [5, 5.41) is 8.40. The van der Waals surface area contributed by atoms with Crippen molar-refractivity contribution in [2.75, 3.05) is 113 Å². The van der Waals surface area contributed by atoms with Gasteiger partial charge in [-0.15, -0.1) is 0 Å². The number of nitrogens with zero attached hydrogens (tertiary/aromatic N) is 2. The SMILES string of the molecule is CC(C)(C)C1CCC(=O)O1.CC(C)(C)C1CCOC1=O.CC(C)(C)CCN1CCOCC1.CC(C)(C)CCN1CCOCC1=O.CC(C)(C)CCO.CCC(=O)OC(C)C(C)(C)C.CCOC(=O)C(C)(C)C(C)(C)C.CCOC(=O)CCC(=O)OC(C)C(C)(C)C.CCOC(=O)OC(C)C(C)(C)C.CCOC(=O)[C@@H](C)C(C)(C)C.COCCC(C)(C)C.Cc1oc(=O)oc1CC(C)(C)C. The molecule has 0 saturated carbocycles. The lowest BCUT2D eigenvalue weighted by Gasteiger charge is -2.35. The number of carbonyl (C=O) groups excluding carboxylic acids is 9. The van der Waals surface area contributed by atoms with Crippen LogP contribution in [0.4, 0.5) is 4.79 Å². The van der Waals surface area contributed by atoms with E-state index in [2.05, 4.69) is 176 Å². The molecular formula is C107H208N2O25. The molecule has 4 aliphatic rings. The number of aryl methyl sites for hydroxylation is 1. The molecule has 1 aromatic rings. The third-order valence-electron chi connectivity index (χ3n) is 22.3. The van der Waals surface area contributed by atoms with E-state index in [9.17, 15) is 47.9 Å². The normalized spacial score (nSPS) is 16.5. The van der Waals surface area contributed by atoms with E-state index >= 15 is 0 Å². The van der Waals surface area contributed by atoms with Crippen LogP contribution in [0, 0.1) is 89.2 Å². The van der Waals surface area contributed by atoms with E-state index in [4.69, 9.17) is 66.0 Å². The average Bonchev–Trinajstić information content (AvgIpc) is 1.09. The number of aliphatic hydroxyl groups excluding tert-OH is 1. The van der Waals surface area contributed by atoms with Crippen molar-refractivity contribution >= 4 is 53.8 Å². The number of methoxy groups -OCH3 is 1. The van der Waals surface area contributed by atoms with Crippen LogP contribution in [-0.2, 0) is 102 Å². The van der Waals surface area contributed by atoms with Crippen LogP contribution < -0.4 is 5.82 Å². The first-order valence-electron chi connectivity index (χ1n) is 49.2. The summed E-state index contributed by atoms with van der Waals surface area (Å²) in [5.41, 5.74) is 1.28. The summed E-state index contributed by atoms with van der Waals surface area (Å²) in [6.07, 6.45) is 7.37. The van der Waals surface area contributed by atoms with Gasteiger partial charge in [0, 0.05) is 65.8 Å². The Balaban J connectivity index is -0.000000264. The minimum Gasteiger partial charge on any atom is -0.466 e. The molecule has 0 aliphatic carbocycles. The number of amides is 1. The van der Waals surface area contributed by atoms with Crippen LogP contribution in [-0.4, -0.2) is 206 Å². The molecule has 134 heavy (non-hydrogen) atoms. The molecule has 27 heteroatoms. The zero-order valence-electron chi connectivity index (χ0n) is 95.2. The van der Waals surface area contributed by atoms with Crippen LogP contribution in [0.5, 0.6) is 0 Å². The van der Waals surface area contributed by atoms with Crippen LogP contribution in [0.2, 0.25) is 0 Å². The fraction of sp³-hybridized carbons (Fsp3) is 0.888. The Kier molecular flexibility index (Phi) is 70.7. The van der Waals surface area contributed by atoms with Gasteiger partial charge in [-0.05, 0) is 179 Å². The number of ether oxygens (including phenoxy) is 12. The summed E-state index contributed by atoms with van der Waals surface area (Å²) in [4.78, 5) is 115. The van der Waals surface area contributed by atoms with E-state index < -0.39 is 17.4 Å². The summed E-state index contributed by atoms with van der Waals surface area (Å²) in [5.74, 6) is -0.227. The fourth-order valence-corrected chi connectivity index (χ4v) is 9.79. The predicted octanol–water partition coefficient (Wildman–Crippen LogP) is 24.1. The van der Waals surface area contributed by atoms with Crippen LogP contribution in [0.1, 0.15) is 401 Å². The predicted molar refractivity (Wildman–Crippen MR) is 540 cm³/mol. The number of rotatable bonds is 21. The molecule has 27 nitrogen and oxygen atoms in total. The quantitative estimate of drug-likeness (QED) is 0.0882. The van der Waals surface area contributed by atoms with Crippen molar-refractivity contribution in [3.8, 4) is 0 Å². The highest BCUT2D eigenvalue weighted by Gasteiger charge is 2.42. The summed E-state index contributed by atoms with van der Waals surface area (Å²) in [6.45, 7) is 109. The standard InChI is InChI=1S/C12H22O4.C10H19NO2.C10H21NO.C10H20O2.C9H14O3.C9H18O3.2C9H18O2.2C8H14O2.C7H16O.C6H14O/c1-6-15-10(13)7-8-11(14)16-9(2)12(3,4)5;1-10(2,3)4-5-11-6-7-13-8-9(11)12;1-10(2,3)4-5-11-6-8-12-9-7-11;1-7-12-8(11)10(5,6)9(2,3)4;1-6-7(5-9(2,3)4)12-8(10)11-6;1-6-11-8(10)12-7(2)9(3,4)5;1-6-11-8(10)7(2)9(3,4)5;1-6-8(10)11-7(2)9(3,4)5;1-8(2,3)6-4-5-10-7(6)9;1-8(2,3)6-4-5-7(9)10-6;1-7(2,3)5-6-8-4;1-6(2,3)4-5-7/h9H,6-8H2,1-5H3;4-8H2,1-3H3;4-9H2,1-3H3;7H2,1-6H3;5H2,1-4H3;7H,6H2,1-5H3;2*7H,6H2,1-5H3;2*6H,4-5H2,1-3H3;5-6H2,1-4H3;7H,4-5H2,1-3H3/t;;;;;;7-;;;;;/m......1...../s1. The highest BCUT2D eigenvalue weighted by molar-refractivity contribution is 5.79. The third kappa shape index (κ3) is 80.8. The average molecular weight is 1920 g/mol. The van der Waals surface area contributed by atoms with Gasteiger partial charge in [0.15, 0.2) is 0 Å². The Hall–Kier alpha value is -6.16. The van der Waals surface area contributed by atoms with Gasteiger partial charge >= 0.3 is 53.8 Å². The van der Waals surface area contributed by atoms with Crippen molar-refractivity contribution in [2.24, 2.45) is 82.2 Å². The van der Waals surface area contributed by atoms with Crippen molar-refractivity contribution in [3.05, 3.63) is 22.1 Å². The zero-order chi connectivity index (χ0) is 107. The topological polar surface area (TPSA) is 334 Å². The summed E-state index contributed by atoms with van der Waals surface area (Å²) < 4.78 is 69.4. The van der Waals surface area contributed by atoms with Crippen LogP contribution in [0.25, 0.3) is 0 Å². The Labute approximate surface area is 817 Å². The van der Waals surface area contributed by atoms with Crippen LogP contribution in [0.3, 0.4) is 0 Å². The van der Waals surface area contributed by atoms with Crippen LogP contribution >= 0.6 is 0 Å². The van der Waals surface area contributed by atoms with E-state index in [0.29, 0.717) is 92.3 Å². The van der Waals surface area contributed by atoms with Crippen molar-refractivity contribution in [3.63, 3.8) is 0 Å². The molecule has 0 bridgehead atoms. The summed E-state index contributed by atoms with van der Waals surface area (Å²) >= 11 is 0. The summed E-state index contributed by atoms with van der Waals surface area (Å²) in [6, 6.07) is 0. The fourth-order valence-electron chi connectivity index (χ4n) is 9.79. The number of aliphatic hydroxyl groups is 1. The number of esters is 7. The molecule has 6 atom stereocenters. The molecule has 0 radical (unpaired) electrons. The van der Waals surface area contributed by atoms with Crippen molar-refractivity contribution in [2.45, 2.75) is 427 Å². The van der Waals surface area contributed by atoms with E-state index in [0.717, 1.165) is 84.5 Å². The largest absolute Gasteiger partial charge is 0.519 e. The molecule has 0 aromatic carbocycles. The van der Waals surface area contributed by atoms with Gasteiger partial charge < -0.3 is 75.7 Å². The molecule has 1 amide bonds. The lowest BCUT2D eigenvalue weighted by Crippen LogP contribution is -2.42. The zero-order valence-corrected chi connectivity index (χ0v) is 95.2. The minimum absolute atomic E-state index is 0.00468. The highest BCUT2D eigenvalue weighted by Crippen LogP contribution is 2.39. The Morgan fingerprint density at radius 3 is 1.20 bits per heavy atom. The maximum atomic E-state index is 11.5. The molecule has 5 heterocycles. The lowest BCUT2D eigenvalue weighted by atomic mass is 9.69. The van der Waals surface area contributed by atoms with Gasteiger partial charge in [-0.3, -0.25) is 43.3 Å². The lowest BCUT2D eigenvalue weighted by molar-refractivity contribution is -0.160. The molecule has 1 N–H and O–H groups in total. The van der Waals surface area contributed by atoms with Gasteiger partial charge in [0.25, 0.3) is 0 Å².